The number of carbonyl (C=O) groups is 1. The Kier molecular flexibility index (Phi) is 3.30. The van der Waals surface area contributed by atoms with Gasteiger partial charge in [-0.25, -0.2) is 0 Å². The van der Waals surface area contributed by atoms with Gasteiger partial charge in [0.25, 0.3) is 5.91 Å². The van der Waals surface area contributed by atoms with Gasteiger partial charge in [0.15, 0.2) is 5.60 Å². The molecule has 0 radical (unpaired) electrons. The molecule has 0 saturated heterocycles. The highest BCUT2D eigenvalue weighted by Gasteiger charge is 2.39. The van der Waals surface area contributed by atoms with Crippen LogP contribution in [0.3, 0.4) is 0 Å². The Morgan fingerprint density at radius 1 is 1.39 bits per heavy atom. The van der Waals surface area contributed by atoms with Crippen LogP contribution < -0.4 is 15.4 Å². The van der Waals surface area contributed by atoms with E-state index in [2.05, 4.69) is 0 Å². The topological polar surface area (TPSA) is 55.6 Å². The van der Waals surface area contributed by atoms with Crippen LogP contribution in [0.15, 0.2) is 18.2 Å². The zero-order valence-electron chi connectivity index (χ0n) is 11.2. The molecule has 98 valence electrons. The van der Waals surface area contributed by atoms with Crippen LogP contribution >= 0.6 is 0 Å². The molecule has 4 heteroatoms. The summed E-state index contributed by atoms with van der Waals surface area (Å²) in [5.74, 6) is 0.740. The summed E-state index contributed by atoms with van der Waals surface area (Å²) in [5, 5.41) is 0. The first-order valence-corrected chi connectivity index (χ1v) is 6.26. The highest BCUT2D eigenvalue weighted by molar-refractivity contribution is 6.01. The molecule has 0 fully saturated rings. The number of likely N-dealkylation sites (N-methyl/N-ethyl adjacent to an activating group) is 1. The van der Waals surface area contributed by atoms with Crippen molar-refractivity contribution in [3.8, 4) is 5.75 Å². The number of rotatable bonds is 3. The van der Waals surface area contributed by atoms with E-state index in [1.165, 1.54) is 5.56 Å². The summed E-state index contributed by atoms with van der Waals surface area (Å²) in [7, 11) is 1.79. The van der Waals surface area contributed by atoms with Crippen molar-refractivity contribution in [2.45, 2.75) is 32.3 Å². The van der Waals surface area contributed by atoms with Gasteiger partial charge in [-0.2, -0.15) is 0 Å². The average molecular weight is 248 g/mol. The Bertz CT molecular complexity index is 469. The second-order valence-electron chi connectivity index (χ2n) is 5.17. The maximum atomic E-state index is 12.1. The molecule has 0 aromatic heterocycles. The van der Waals surface area contributed by atoms with Gasteiger partial charge in [0.2, 0.25) is 0 Å². The van der Waals surface area contributed by atoms with Gasteiger partial charge >= 0.3 is 0 Å². The number of fused-ring (bicyclic) bond motifs is 1. The Labute approximate surface area is 108 Å². The van der Waals surface area contributed by atoms with Crippen molar-refractivity contribution < 1.29 is 9.53 Å². The Morgan fingerprint density at radius 3 is 2.78 bits per heavy atom. The standard InChI is InChI=1S/C14H20N2O2/c1-14(2)13(17)16(3)11-9-10(5-4-8-15)6-7-12(11)18-14/h6-7,9H,4-5,8,15H2,1-3H3. The van der Waals surface area contributed by atoms with E-state index in [4.69, 9.17) is 10.5 Å². The molecule has 1 aliphatic rings. The number of nitrogens with zero attached hydrogens (tertiary/aromatic N) is 1. The second kappa shape index (κ2) is 4.61. The number of nitrogens with two attached hydrogens (primary N) is 1. The molecule has 1 aliphatic heterocycles. The molecule has 1 aromatic carbocycles. The van der Waals surface area contributed by atoms with Gasteiger partial charge in [-0.05, 0) is 50.9 Å². The van der Waals surface area contributed by atoms with Gasteiger partial charge in [-0.15, -0.1) is 0 Å². The van der Waals surface area contributed by atoms with E-state index in [0.29, 0.717) is 6.54 Å². The lowest BCUT2D eigenvalue weighted by Gasteiger charge is -2.37. The molecule has 2 N–H and O–H groups in total. The zero-order chi connectivity index (χ0) is 13.3. The van der Waals surface area contributed by atoms with Gasteiger partial charge in [-0.1, -0.05) is 6.07 Å². The predicted molar refractivity (Wildman–Crippen MR) is 71.9 cm³/mol. The van der Waals surface area contributed by atoms with Gasteiger partial charge in [0.05, 0.1) is 5.69 Å². The number of hydrogen-bond acceptors (Lipinski definition) is 3. The highest BCUT2D eigenvalue weighted by Crippen LogP contribution is 2.37. The Balaban J connectivity index is 2.33. The molecule has 0 saturated carbocycles. The minimum atomic E-state index is -0.791. The quantitative estimate of drug-likeness (QED) is 0.886. The van der Waals surface area contributed by atoms with Gasteiger partial charge in [0.1, 0.15) is 5.75 Å². The molecule has 0 bridgehead atoms. The van der Waals surface area contributed by atoms with Crippen LogP contribution in [0.2, 0.25) is 0 Å². The molecule has 0 spiro atoms. The summed E-state index contributed by atoms with van der Waals surface area (Å²) in [5.41, 5.74) is 6.74. The summed E-state index contributed by atoms with van der Waals surface area (Å²) < 4.78 is 5.75. The first-order chi connectivity index (χ1) is 8.45. The fraction of sp³-hybridized carbons (Fsp3) is 0.500. The molecule has 0 aliphatic carbocycles. The minimum absolute atomic E-state index is 0.0222. The third-order valence-corrected chi connectivity index (χ3v) is 3.24. The largest absolute Gasteiger partial charge is 0.476 e. The first kappa shape index (κ1) is 12.9. The summed E-state index contributed by atoms with van der Waals surface area (Å²) in [4.78, 5) is 13.8. The second-order valence-corrected chi connectivity index (χ2v) is 5.17. The first-order valence-electron chi connectivity index (χ1n) is 6.26. The fourth-order valence-corrected chi connectivity index (χ4v) is 2.20. The van der Waals surface area contributed by atoms with Crippen LogP contribution in [0.1, 0.15) is 25.8 Å². The van der Waals surface area contributed by atoms with Gasteiger partial charge in [-0.3, -0.25) is 4.79 Å². The fourth-order valence-electron chi connectivity index (χ4n) is 2.20. The van der Waals surface area contributed by atoms with Crippen LogP contribution in [0.25, 0.3) is 0 Å². The molecule has 1 amide bonds. The van der Waals surface area contributed by atoms with Crippen LogP contribution in [-0.4, -0.2) is 25.1 Å². The molecule has 2 rings (SSSR count). The van der Waals surface area contributed by atoms with Crippen molar-refractivity contribution >= 4 is 11.6 Å². The summed E-state index contributed by atoms with van der Waals surface area (Å²) in [6, 6.07) is 5.98. The molecule has 18 heavy (non-hydrogen) atoms. The van der Waals surface area contributed by atoms with E-state index in [1.807, 2.05) is 18.2 Å². The number of anilines is 1. The molecule has 1 aromatic rings. The van der Waals surface area contributed by atoms with Crippen molar-refractivity contribution in [1.29, 1.82) is 0 Å². The smallest absolute Gasteiger partial charge is 0.270 e. The van der Waals surface area contributed by atoms with Crippen LogP contribution in [0, 0.1) is 0 Å². The predicted octanol–water partition coefficient (Wildman–Crippen LogP) is 1.71. The number of aryl methyl sites for hydroxylation is 1. The lowest BCUT2D eigenvalue weighted by molar-refractivity contribution is -0.132. The van der Waals surface area contributed by atoms with Crippen molar-refractivity contribution in [3.05, 3.63) is 23.8 Å². The zero-order valence-corrected chi connectivity index (χ0v) is 11.2. The monoisotopic (exact) mass is 248 g/mol. The van der Waals surface area contributed by atoms with Gasteiger partial charge < -0.3 is 15.4 Å². The van der Waals surface area contributed by atoms with Crippen LogP contribution in [0.4, 0.5) is 5.69 Å². The van der Waals surface area contributed by atoms with E-state index >= 15 is 0 Å². The van der Waals surface area contributed by atoms with Crippen molar-refractivity contribution in [3.63, 3.8) is 0 Å². The third-order valence-electron chi connectivity index (χ3n) is 3.24. The lowest BCUT2D eigenvalue weighted by Crippen LogP contribution is -2.50. The maximum Gasteiger partial charge on any atom is 0.270 e. The molecular formula is C14H20N2O2. The van der Waals surface area contributed by atoms with E-state index in [-0.39, 0.29) is 5.91 Å². The lowest BCUT2D eigenvalue weighted by atomic mass is 10.0. The highest BCUT2D eigenvalue weighted by atomic mass is 16.5. The number of carbonyl (C=O) groups excluding carboxylic acids is 1. The number of benzene rings is 1. The van der Waals surface area contributed by atoms with Crippen molar-refractivity contribution in [1.82, 2.24) is 0 Å². The van der Waals surface area contributed by atoms with E-state index in [0.717, 1.165) is 24.3 Å². The van der Waals surface area contributed by atoms with E-state index in [1.54, 1.807) is 25.8 Å². The molecule has 0 unspecified atom stereocenters. The average Bonchev–Trinajstić information content (AvgIpc) is 2.34. The summed E-state index contributed by atoms with van der Waals surface area (Å²) in [6.45, 7) is 4.25. The Hall–Kier alpha value is -1.55. The van der Waals surface area contributed by atoms with Crippen molar-refractivity contribution in [2.24, 2.45) is 5.73 Å². The normalized spacial score (nSPS) is 17.3. The third kappa shape index (κ3) is 2.20. The van der Waals surface area contributed by atoms with Gasteiger partial charge in [0, 0.05) is 7.05 Å². The maximum absolute atomic E-state index is 12.1. The minimum Gasteiger partial charge on any atom is -0.476 e. The van der Waals surface area contributed by atoms with Crippen molar-refractivity contribution in [2.75, 3.05) is 18.5 Å². The number of hydrogen-bond donors (Lipinski definition) is 1. The number of ether oxygens (including phenoxy) is 1. The van der Waals surface area contributed by atoms with Crippen LogP contribution in [0.5, 0.6) is 5.75 Å². The summed E-state index contributed by atoms with van der Waals surface area (Å²) in [6.07, 6.45) is 1.87. The SMILES string of the molecule is CN1C(=O)C(C)(C)Oc2ccc(CCCN)cc21. The van der Waals surface area contributed by atoms with E-state index in [9.17, 15) is 4.79 Å². The Morgan fingerprint density at radius 2 is 2.11 bits per heavy atom. The molecule has 1 heterocycles. The van der Waals surface area contributed by atoms with E-state index < -0.39 is 5.60 Å². The molecule has 0 atom stereocenters. The molecule has 4 nitrogen and oxygen atoms in total. The molecular weight excluding hydrogens is 228 g/mol. The number of amides is 1. The summed E-state index contributed by atoms with van der Waals surface area (Å²) >= 11 is 0. The van der Waals surface area contributed by atoms with Crippen LogP contribution in [-0.2, 0) is 11.2 Å².